The monoisotopic (exact) mass is 241 g/mol. The van der Waals surface area contributed by atoms with Gasteiger partial charge in [0.05, 0.1) is 0 Å². The van der Waals surface area contributed by atoms with Gasteiger partial charge in [-0.3, -0.25) is 4.79 Å². The van der Waals surface area contributed by atoms with Gasteiger partial charge in [0, 0.05) is 19.0 Å². The number of rotatable bonds is 3. The van der Waals surface area contributed by atoms with Crippen LogP contribution in [0.3, 0.4) is 0 Å². The van der Waals surface area contributed by atoms with Crippen LogP contribution in [0, 0.1) is 11.3 Å². The molecule has 3 heteroatoms. The van der Waals surface area contributed by atoms with Gasteiger partial charge >= 0.3 is 0 Å². The number of carbonyl (C=O) groups excluding carboxylic acids is 1. The quantitative estimate of drug-likeness (QED) is 0.753. The van der Waals surface area contributed by atoms with E-state index in [4.69, 9.17) is 0 Å². The normalized spacial score (nSPS) is 32.6. The second kappa shape index (κ2) is 4.59. The summed E-state index contributed by atoms with van der Waals surface area (Å²) in [6, 6.07) is 0.428. The summed E-state index contributed by atoms with van der Waals surface area (Å²) < 4.78 is 0. The Morgan fingerprint density at radius 1 is 1.44 bits per heavy atom. The Balaban J connectivity index is 1.93. The van der Waals surface area contributed by atoms with Crippen LogP contribution in [-0.2, 0) is 4.79 Å². The molecule has 0 spiro atoms. The molecule has 16 heavy (non-hydrogen) atoms. The van der Waals surface area contributed by atoms with Gasteiger partial charge in [0.25, 0.3) is 0 Å². The molecular formula is C13H23NOS. The van der Waals surface area contributed by atoms with Gasteiger partial charge in [0.15, 0.2) is 0 Å². The summed E-state index contributed by atoms with van der Waals surface area (Å²) in [6.45, 7) is 5.42. The predicted octanol–water partition coefficient (Wildman–Crippen LogP) is 2.73. The first kappa shape index (κ1) is 12.3. The van der Waals surface area contributed by atoms with Crippen molar-refractivity contribution in [1.29, 1.82) is 0 Å². The minimum Gasteiger partial charge on any atom is -0.340 e. The van der Waals surface area contributed by atoms with E-state index >= 15 is 0 Å². The van der Waals surface area contributed by atoms with Crippen molar-refractivity contribution in [3.63, 3.8) is 0 Å². The van der Waals surface area contributed by atoms with Gasteiger partial charge in [-0.25, -0.2) is 0 Å². The number of hydrogen-bond donors (Lipinski definition) is 1. The highest BCUT2D eigenvalue weighted by Crippen LogP contribution is 2.50. The SMILES string of the molecule is CC1CCCN(C(=O)CC2(CS)CC2)C1C. The van der Waals surface area contributed by atoms with Gasteiger partial charge < -0.3 is 4.90 Å². The van der Waals surface area contributed by atoms with Crippen molar-refractivity contribution in [2.45, 2.75) is 52.0 Å². The Labute approximate surface area is 104 Å². The lowest BCUT2D eigenvalue weighted by molar-refractivity contribution is -0.136. The van der Waals surface area contributed by atoms with Crippen LogP contribution in [0.4, 0.5) is 0 Å². The van der Waals surface area contributed by atoms with Crippen LogP contribution in [0.1, 0.15) is 46.0 Å². The van der Waals surface area contributed by atoms with Crippen LogP contribution in [0.2, 0.25) is 0 Å². The lowest BCUT2D eigenvalue weighted by atomic mass is 9.91. The molecule has 92 valence electrons. The lowest BCUT2D eigenvalue weighted by Crippen LogP contribution is -2.46. The summed E-state index contributed by atoms with van der Waals surface area (Å²) >= 11 is 4.37. The summed E-state index contributed by atoms with van der Waals surface area (Å²) in [5, 5.41) is 0. The van der Waals surface area contributed by atoms with Crippen molar-refractivity contribution in [2.24, 2.45) is 11.3 Å². The van der Waals surface area contributed by atoms with E-state index < -0.39 is 0 Å². The second-order valence-electron chi connectivity index (χ2n) is 5.78. The van der Waals surface area contributed by atoms with Crippen molar-refractivity contribution in [2.75, 3.05) is 12.3 Å². The topological polar surface area (TPSA) is 20.3 Å². The molecule has 1 amide bonds. The van der Waals surface area contributed by atoms with E-state index in [-0.39, 0.29) is 5.41 Å². The van der Waals surface area contributed by atoms with Crippen molar-refractivity contribution in [3.05, 3.63) is 0 Å². The van der Waals surface area contributed by atoms with Crippen molar-refractivity contribution in [3.8, 4) is 0 Å². The number of piperidine rings is 1. The molecule has 2 rings (SSSR count). The number of likely N-dealkylation sites (tertiary alicyclic amines) is 1. The number of amides is 1. The van der Waals surface area contributed by atoms with Gasteiger partial charge in [0.2, 0.25) is 5.91 Å². The number of hydrogen-bond acceptors (Lipinski definition) is 2. The first-order valence-corrected chi connectivity index (χ1v) is 7.11. The predicted molar refractivity (Wildman–Crippen MR) is 69.7 cm³/mol. The Kier molecular flexibility index (Phi) is 3.53. The van der Waals surface area contributed by atoms with E-state index in [0.29, 0.717) is 17.9 Å². The zero-order valence-electron chi connectivity index (χ0n) is 10.4. The van der Waals surface area contributed by atoms with Gasteiger partial charge in [-0.1, -0.05) is 6.92 Å². The fourth-order valence-corrected chi connectivity index (χ4v) is 3.11. The van der Waals surface area contributed by atoms with E-state index in [1.807, 2.05) is 0 Å². The van der Waals surface area contributed by atoms with E-state index in [1.165, 1.54) is 25.7 Å². The third-order valence-electron chi connectivity index (χ3n) is 4.51. The largest absolute Gasteiger partial charge is 0.340 e. The molecule has 1 saturated heterocycles. The highest BCUT2D eigenvalue weighted by Gasteiger charge is 2.44. The van der Waals surface area contributed by atoms with E-state index in [9.17, 15) is 4.79 Å². The third-order valence-corrected chi connectivity index (χ3v) is 5.18. The minimum atomic E-state index is 0.264. The van der Waals surface area contributed by atoms with Crippen LogP contribution >= 0.6 is 12.6 Å². The molecule has 2 nitrogen and oxygen atoms in total. The van der Waals surface area contributed by atoms with Gasteiger partial charge in [-0.05, 0) is 49.7 Å². The number of carbonyl (C=O) groups is 1. The maximum absolute atomic E-state index is 12.3. The smallest absolute Gasteiger partial charge is 0.223 e. The summed E-state index contributed by atoms with van der Waals surface area (Å²) in [5.41, 5.74) is 0.264. The minimum absolute atomic E-state index is 0.264. The van der Waals surface area contributed by atoms with Crippen LogP contribution < -0.4 is 0 Å². The standard InChI is InChI=1S/C13H23NOS/c1-10-4-3-7-14(11(10)2)12(15)8-13(9-16)5-6-13/h10-11,16H,3-9H2,1-2H3. The van der Waals surface area contributed by atoms with Crippen LogP contribution in [0.25, 0.3) is 0 Å². The van der Waals surface area contributed by atoms with E-state index in [1.54, 1.807) is 0 Å². The van der Waals surface area contributed by atoms with Crippen LogP contribution in [-0.4, -0.2) is 29.1 Å². The van der Waals surface area contributed by atoms with Crippen LogP contribution in [0.15, 0.2) is 0 Å². The zero-order chi connectivity index (χ0) is 11.8. The fourth-order valence-electron chi connectivity index (χ4n) is 2.68. The summed E-state index contributed by atoms with van der Waals surface area (Å²) in [5.74, 6) is 1.89. The molecule has 0 aromatic carbocycles. The van der Waals surface area contributed by atoms with Gasteiger partial charge in [-0.15, -0.1) is 0 Å². The zero-order valence-corrected chi connectivity index (χ0v) is 11.3. The Hall–Kier alpha value is -0.180. The second-order valence-corrected chi connectivity index (χ2v) is 6.10. The third kappa shape index (κ3) is 2.39. The maximum atomic E-state index is 12.3. The highest BCUT2D eigenvalue weighted by molar-refractivity contribution is 7.80. The summed E-state index contributed by atoms with van der Waals surface area (Å²) in [4.78, 5) is 14.4. The van der Waals surface area contributed by atoms with E-state index in [2.05, 4.69) is 31.4 Å². The number of nitrogens with zero attached hydrogens (tertiary/aromatic N) is 1. The fraction of sp³-hybridized carbons (Fsp3) is 0.923. The summed E-state index contributed by atoms with van der Waals surface area (Å²) in [7, 11) is 0. The first-order chi connectivity index (χ1) is 7.58. The van der Waals surface area contributed by atoms with Crippen molar-refractivity contribution >= 4 is 18.5 Å². The number of thiol groups is 1. The van der Waals surface area contributed by atoms with E-state index in [0.717, 1.165) is 18.7 Å². The molecule has 2 atom stereocenters. The molecule has 2 fully saturated rings. The lowest BCUT2D eigenvalue weighted by Gasteiger charge is -2.38. The highest BCUT2D eigenvalue weighted by atomic mass is 32.1. The average molecular weight is 241 g/mol. The van der Waals surface area contributed by atoms with Crippen molar-refractivity contribution < 1.29 is 4.79 Å². The molecule has 1 aliphatic carbocycles. The molecule has 0 aromatic rings. The molecule has 1 heterocycles. The molecule has 0 bridgehead atoms. The van der Waals surface area contributed by atoms with Gasteiger partial charge in [-0.2, -0.15) is 12.6 Å². The molecule has 1 aliphatic heterocycles. The molecule has 2 unspecified atom stereocenters. The Morgan fingerprint density at radius 2 is 2.12 bits per heavy atom. The molecule has 0 N–H and O–H groups in total. The molecule has 0 aromatic heterocycles. The molecule has 0 radical (unpaired) electrons. The molecule has 1 saturated carbocycles. The van der Waals surface area contributed by atoms with Gasteiger partial charge in [0.1, 0.15) is 0 Å². The Morgan fingerprint density at radius 3 is 2.69 bits per heavy atom. The Bertz CT molecular complexity index is 275. The summed E-state index contributed by atoms with van der Waals surface area (Å²) in [6.07, 6.45) is 5.56. The average Bonchev–Trinajstić information content (AvgIpc) is 3.02. The molecular weight excluding hydrogens is 218 g/mol. The van der Waals surface area contributed by atoms with Crippen LogP contribution in [0.5, 0.6) is 0 Å². The molecule has 2 aliphatic rings. The first-order valence-electron chi connectivity index (χ1n) is 6.48. The maximum Gasteiger partial charge on any atom is 0.223 e. The van der Waals surface area contributed by atoms with Crippen molar-refractivity contribution in [1.82, 2.24) is 4.90 Å².